The quantitative estimate of drug-likeness (QED) is 0.578. The molecule has 2 N–H and O–H groups in total. The highest BCUT2D eigenvalue weighted by Gasteiger charge is 2.08. The molecular formula is C21H19N5O. The van der Waals surface area contributed by atoms with Crippen molar-refractivity contribution in [3.05, 3.63) is 75.7 Å². The number of benzene rings is 2. The van der Waals surface area contributed by atoms with Crippen LogP contribution in [0.3, 0.4) is 0 Å². The Kier molecular flexibility index (Phi) is 4.16. The van der Waals surface area contributed by atoms with E-state index in [1.54, 1.807) is 0 Å². The van der Waals surface area contributed by atoms with Gasteiger partial charge < -0.3 is 0 Å². The number of aromatic nitrogens is 4. The zero-order chi connectivity index (χ0) is 19.0. The first-order chi connectivity index (χ1) is 13.0. The van der Waals surface area contributed by atoms with Gasteiger partial charge in [-0.3, -0.25) is 15.1 Å². The van der Waals surface area contributed by atoms with Gasteiger partial charge in [-0.05, 0) is 32.4 Å². The lowest BCUT2D eigenvalue weighted by molar-refractivity contribution is 1.08. The number of aromatic amines is 1. The number of hydrogen-bond acceptors (Lipinski definition) is 5. The molecule has 0 spiro atoms. The highest BCUT2D eigenvalue weighted by molar-refractivity contribution is 5.82. The van der Waals surface area contributed by atoms with Crippen LogP contribution in [0, 0.1) is 20.8 Å². The third kappa shape index (κ3) is 3.55. The van der Waals surface area contributed by atoms with E-state index in [9.17, 15) is 4.79 Å². The van der Waals surface area contributed by atoms with Gasteiger partial charge in [0.2, 0.25) is 11.9 Å². The zero-order valence-corrected chi connectivity index (χ0v) is 15.4. The Hall–Kier alpha value is -3.54. The van der Waals surface area contributed by atoms with Gasteiger partial charge in [-0.1, -0.05) is 42.0 Å². The highest BCUT2D eigenvalue weighted by atomic mass is 16.1. The molecule has 0 radical (unpaired) electrons. The summed E-state index contributed by atoms with van der Waals surface area (Å²) in [5.41, 5.74) is 5.21. The summed E-state index contributed by atoms with van der Waals surface area (Å²) in [7, 11) is 0. The van der Waals surface area contributed by atoms with Crippen molar-refractivity contribution in [1.82, 2.24) is 19.9 Å². The third-order valence-electron chi connectivity index (χ3n) is 4.36. The number of rotatable bonds is 3. The minimum Gasteiger partial charge on any atom is -0.294 e. The molecule has 6 heteroatoms. The molecule has 0 aliphatic carbocycles. The average Bonchev–Trinajstić information content (AvgIpc) is 2.61. The van der Waals surface area contributed by atoms with Gasteiger partial charge in [0.15, 0.2) is 0 Å². The molecule has 6 nitrogen and oxygen atoms in total. The second kappa shape index (κ2) is 6.64. The molecule has 0 aliphatic rings. The van der Waals surface area contributed by atoms with Crippen molar-refractivity contribution in [3.63, 3.8) is 0 Å². The smallest absolute Gasteiger partial charge is 0.252 e. The first kappa shape index (κ1) is 16.9. The number of aryl methyl sites for hydroxylation is 3. The summed E-state index contributed by atoms with van der Waals surface area (Å²) in [5.74, 6) is 0.708. The maximum absolute atomic E-state index is 12.1. The SMILES string of the molecule is Cc1ccc(-c2cc(=O)[nH]c(Nc3nc(C)c4ccc(C)cc4n3)n2)cc1. The monoisotopic (exact) mass is 357 g/mol. The fourth-order valence-electron chi connectivity index (χ4n) is 2.95. The van der Waals surface area contributed by atoms with Crippen LogP contribution in [0.15, 0.2) is 53.3 Å². The summed E-state index contributed by atoms with van der Waals surface area (Å²) in [6, 6.07) is 15.4. The second-order valence-electron chi connectivity index (χ2n) is 6.62. The van der Waals surface area contributed by atoms with Crippen LogP contribution in [-0.4, -0.2) is 19.9 Å². The predicted molar refractivity (Wildman–Crippen MR) is 107 cm³/mol. The van der Waals surface area contributed by atoms with E-state index in [-0.39, 0.29) is 5.56 Å². The van der Waals surface area contributed by atoms with Crippen molar-refractivity contribution in [2.45, 2.75) is 20.8 Å². The van der Waals surface area contributed by atoms with Gasteiger partial charge in [-0.15, -0.1) is 0 Å². The van der Waals surface area contributed by atoms with Gasteiger partial charge in [0.1, 0.15) is 0 Å². The lowest BCUT2D eigenvalue weighted by atomic mass is 10.1. The zero-order valence-electron chi connectivity index (χ0n) is 15.4. The first-order valence-corrected chi connectivity index (χ1v) is 8.68. The van der Waals surface area contributed by atoms with E-state index in [2.05, 4.69) is 25.3 Å². The summed E-state index contributed by atoms with van der Waals surface area (Å²) in [4.78, 5) is 28.3. The van der Waals surface area contributed by atoms with Gasteiger partial charge >= 0.3 is 0 Å². The Balaban J connectivity index is 1.73. The topological polar surface area (TPSA) is 83.6 Å². The summed E-state index contributed by atoms with van der Waals surface area (Å²) in [6.07, 6.45) is 0. The minimum absolute atomic E-state index is 0.239. The molecule has 0 atom stereocenters. The highest BCUT2D eigenvalue weighted by Crippen LogP contribution is 2.21. The van der Waals surface area contributed by atoms with E-state index in [4.69, 9.17) is 0 Å². The van der Waals surface area contributed by atoms with Crippen LogP contribution < -0.4 is 10.9 Å². The van der Waals surface area contributed by atoms with E-state index in [0.717, 1.165) is 33.3 Å². The van der Waals surface area contributed by atoms with Crippen molar-refractivity contribution in [2.24, 2.45) is 0 Å². The molecule has 4 rings (SSSR count). The Morgan fingerprint density at radius 3 is 2.37 bits per heavy atom. The second-order valence-corrected chi connectivity index (χ2v) is 6.62. The normalized spacial score (nSPS) is 10.9. The molecule has 2 aromatic carbocycles. The van der Waals surface area contributed by atoms with Crippen LogP contribution in [0.1, 0.15) is 16.8 Å². The lowest BCUT2D eigenvalue weighted by Gasteiger charge is -2.09. The Bertz CT molecular complexity index is 1200. The molecule has 0 saturated carbocycles. The third-order valence-corrected chi connectivity index (χ3v) is 4.36. The molecular weight excluding hydrogens is 338 g/mol. The fraction of sp³-hybridized carbons (Fsp3) is 0.143. The van der Waals surface area contributed by atoms with Crippen LogP contribution in [0.4, 0.5) is 11.9 Å². The van der Waals surface area contributed by atoms with Gasteiger partial charge in [0.05, 0.1) is 16.9 Å². The van der Waals surface area contributed by atoms with E-state index in [1.165, 1.54) is 6.07 Å². The summed E-state index contributed by atoms with van der Waals surface area (Å²) < 4.78 is 0. The van der Waals surface area contributed by atoms with Crippen molar-refractivity contribution >= 4 is 22.8 Å². The van der Waals surface area contributed by atoms with Gasteiger partial charge in [0.25, 0.3) is 5.56 Å². The van der Waals surface area contributed by atoms with Crippen LogP contribution in [0.25, 0.3) is 22.2 Å². The van der Waals surface area contributed by atoms with Gasteiger partial charge in [0, 0.05) is 17.0 Å². The van der Waals surface area contributed by atoms with Crippen molar-refractivity contribution in [2.75, 3.05) is 5.32 Å². The van der Waals surface area contributed by atoms with E-state index in [0.29, 0.717) is 17.6 Å². The summed E-state index contributed by atoms with van der Waals surface area (Å²) in [6.45, 7) is 5.97. The molecule has 2 heterocycles. The molecule has 27 heavy (non-hydrogen) atoms. The van der Waals surface area contributed by atoms with E-state index >= 15 is 0 Å². The van der Waals surface area contributed by atoms with Gasteiger partial charge in [-0.2, -0.15) is 0 Å². The molecule has 0 bridgehead atoms. The van der Waals surface area contributed by atoms with Crippen LogP contribution in [-0.2, 0) is 0 Å². The first-order valence-electron chi connectivity index (χ1n) is 8.68. The number of nitrogens with one attached hydrogen (secondary N) is 2. The number of fused-ring (bicyclic) bond motifs is 1. The molecule has 2 aromatic heterocycles. The summed E-state index contributed by atoms with van der Waals surface area (Å²) in [5, 5.41) is 4.03. The number of nitrogens with zero attached hydrogens (tertiary/aromatic N) is 3. The largest absolute Gasteiger partial charge is 0.294 e. The predicted octanol–water partition coefficient (Wildman–Crippen LogP) is 4.05. The Morgan fingerprint density at radius 1 is 0.852 bits per heavy atom. The van der Waals surface area contributed by atoms with Crippen molar-refractivity contribution in [1.29, 1.82) is 0 Å². The standard InChI is InChI=1S/C21H19N5O/c1-12-4-7-15(8-5-12)17-11-19(27)25-21(23-17)26-20-22-14(3)16-9-6-13(2)10-18(16)24-20/h4-11H,1-3H3,(H2,22,23,24,25,26,27). The molecule has 0 amide bonds. The lowest BCUT2D eigenvalue weighted by Crippen LogP contribution is -2.12. The number of hydrogen-bond donors (Lipinski definition) is 2. The number of anilines is 2. The maximum atomic E-state index is 12.1. The Morgan fingerprint density at radius 2 is 1.59 bits per heavy atom. The Labute approximate surface area is 156 Å². The molecule has 0 saturated heterocycles. The minimum atomic E-state index is -0.239. The average molecular weight is 357 g/mol. The van der Waals surface area contributed by atoms with Gasteiger partial charge in [-0.25, -0.2) is 15.0 Å². The molecule has 0 unspecified atom stereocenters. The maximum Gasteiger partial charge on any atom is 0.252 e. The molecule has 134 valence electrons. The van der Waals surface area contributed by atoms with E-state index < -0.39 is 0 Å². The van der Waals surface area contributed by atoms with Crippen molar-refractivity contribution < 1.29 is 0 Å². The van der Waals surface area contributed by atoms with Crippen LogP contribution in [0.2, 0.25) is 0 Å². The van der Waals surface area contributed by atoms with Crippen molar-refractivity contribution in [3.8, 4) is 11.3 Å². The van der Waals surface area contributed by atoms with E-state index in [1.807, 2.05) is 63.2 Å². The fourth-order valence-corrected chi connectivity index (χ4v) is 2.95. The number of H-pyrrole nitrogens is 1. The summed E-state index contributed by atoms with van der Waals surface area (Å²) >= 11 is 0. The van der Waals surface area contributed by atoms with Crippen LogP contribution in [0.5, 0.6) is 0 Å². The molecule has 4 aromatic rings. The molecule has 0 aliphatic heterocycles. The van der Waals surface area contributed by atoms with Crippen LogP contribution >= 0.6 is 0 Å². The molecule has 0 fully saturated rings.